The van der Waals surface area contributed by atoms with Gasteiger partial charge in [0.1, 0.15) is 24.4 Å². The van der Waals surface area contributed by atoms with E-state index in [9.17, 15) is 17.7 Å². The number of aromatic nitrogens is 4. The summed E-state index contributed by atoms with van der Waals surface area (Å²) in [6.07, 6.45) is 4.70. The maximum atomic E-state index is 14.8. The van der Waals surface area contributed by atoms with E-state index in [1.165, 1.54) is 24.5 Å². The Morgan fingerprint density at radius 3 is 2.50 bits per heavy atom. The molecule has 0 aliphatic heterocycles. The molecule has 0 bridgehead atoms. The molecular formula is C22H20F3N4O2P. The zero-order valence-electron chi connectivity index (χ0n) is 17.6. The summed E-state index contributed by atoms with van der Waals surface area (Å²) < 4.78 is 58.9. The molecule has 10 heteroatoms. The van der Waals surface area contributed by atoms with Gasteiger partial charge in [-0.2, -0.15) is 8.78 Å². The van der Waals surface area contributed by atoms with Gasteiger partial charge in [-0.1, -0.05) is 18.2 Å². The average Bonchev–Trinajstić information content (AvgIpc) is 3.02. The zero-order chi connectivity index (χ0) is 23.0. The summed E-state index contributed by atoms with van der Waals surface area (Å²) in [5, 5.41) is 0. The second-order valence-electron chi connectivity index (χ2n) is 7.69. The van der Waals surface area contributed by atoms with E-state index in [-0.39, 0.29) is 23.3 Å². The number of hydrogen-bond acceptors (Lipinski definition) is 5. The lowest BCUT2D eigenvalue weighted by Gasteiger charge is -2.12. The number of alkyl halides is 2. The molecule has 0 radical (unpaired) electrons. The molecule has 166 valence electrons. The first kappa shape index (κ1) is 22.0. The van der Waals surface area contributed by atoms with Crippen molar-refractivity contribution in [1.82, 2.24) is 19.4 Å². The van der Waals surface area contributed by atoms with Crippen molar-refractivity contribution in [3.8, 4) is 16.9 Å². The summed E-state index contributed by atoms with van der Waals surface area (Å²) in [5.74, 6) is -0.435. The van der Waals surface area contributed by atoms with Crippen LogP contribution < -0.4 is 10.3 Å². The van der Waals surface area contributed by atoms with Gasteiger partial charge < -0.3 is 13.7 Å². The summed E-state index contributed by atoms with van der Waals surface area (Å²) in [6, 6.07) is 7.82. The molecule has 0 fully saturated rings. The van der Waals surface area contributed by atoms with E-state index in [0.717, 1.165) is 0 Å². The van der Waals surface area contributed by atoms with Crippen molar-refractivity contribution in [2.24, 2.45) is 0 Å². The smallest absolute Gasteiger partial charge is 0.387 e. The van der Waals surface area contributed by atoms with E-state index < -0.39 is 19.6 Å². The summed E-state index contributed by atoms with van der Waals surface area (Å²) in [6.45, 7) is 1.95. The van der Waals surface area contributed by atoms with Crippen LogP contribution >= 0.6 is 7.14 Å². The molecule has 0 N–H and O–H groups in total. The van der Waals surface area contributed by atoms with E-state index in [0.29, 0.717) is 28.2 Å². The molecule has 0 amide bonds. The third kappa shape index (κ3) is 4.39. The van der Waals surface area contributed by atoms with Crippen LogP contribution in [0.4, 0.5) is 13.2 Å². The SMILES string of the molecule is Cc1nc2cc(F)c(-c3cnc(P(C)(C)=O)nc3)cn2c1Cc1ccccc1OC(F)F. The maximum Gasteiger partial charge on any atom is 0.387 e. The highest BCUT2D eigenvalue weighted by molar-refractivity contribution is 7.69. The van der Waals surface area contributed by atoms with Gasteiger partial charge >= 0.3 is 6.61 Å². The Kier molecular flexibility index (Phi) is 5.77. The second kappa shape index (κ2) is 8.39. The molecule has 0 spiro atoms. The minimum absolute atomic E-state index is 0.0757. The first-order valence-electron chi connectivity index (χ1n) is 9.71. The van der Waals surface area contributed by atoms with E-state index in [2.05, 4.69) is 19.7 Å². The molecule has 32 heavy (non-hydrogen) atoms. The van der Waals surface area contributed by atoms with Crippen molar-refractivity contribution in [3.05, 3.63) is 71.7 Å². The Labute approximate surface area is 182 Å². The van der Waals surface area contributed by atoms with Crippen LogP contribution in [0.5, 0.6) is 5.75 Å². The fourth-order valence-electron chi connectivity index (χ4n) is 3.44. The molecule has 4 rings (SSSR count). The Bertz CT molecular complexity index is 1330. The molecule has 0 aliphatic carbocycles. The maximum absolute atomic E-state index is 14.8. The summed E-state index contributed by atoms with van der Waals surface area (Å²) >= 11 is 0. The number of hydrogen-bond donors (Lipinski definition) is 0. The quantitative estimate of drug-likeness (QED) is 0.391. The number of ether oxygens (including phenoxy) is 1. The third-order valence-electron chi connectivity index (χ3n) is 4.99. The zero-order valence-corrected chi connectivity index (χ0v) is 18.5. The van der Waals surface area contributed by atoms with Crippen molar-refractivity contribution in [2.75, 3.05) is 13.3 Å². The van der Waals surface area contributed by atoms with Gasteiger partial charge in [0.15, 0.2) is 5.57 Å². The number of imidazole rings is 1. The number of nitrogens with zero attached hydrogens (tertiary/aromatic N) is 4. The molecule has 0 unspecified atom stereocenters. The fraction of sp³-hybridized carbons (Fsp3) is 0.227. The van der Waals surface area contributed by atoms with Gasteiger partial charge in [0, 0.05) is 53.5 Å². The van der Waals surface area contributed by atoms with Crippen LogP contribution in [0, 0.1) is 12.7 Å². The lowest BCUT2D eigenvalue weighted by molar-refractivity contribution is -0.0503. The first-order valence-corrected chi connectivity index (χ1v) is 12.3. The molecule has 0 saturated heterocycles. The third-order valence-corrected chi connectivity index (χ3v) is 6.18. The average molecular weight is 460 g/mol. The number of aryl methyl sites for hydroxylation is 1. The highest BCUT2D eigenvalue weighted by Crippen LogP contribution is 2.33. The van der Waals surface area contributed by atoms with E-state index >= 15 is 0 Å². The van der Waals surface area contributed by atoms with Gasteiger partial charge in [0.25, 0.3) is 0 Å². The summed E-state index contributed by atoms with van der Waals surface area (Å²) in [5.41, 5.74) is 3.15. The van der Waals surface area contributed by atoms with Crippen molar-refractivity contribution >= 4 is 18.4 Å². The highest BCUT2D eigenvalue weighted by Gasteiger charge is 2.19. The molecule has 3 heterocycles. The van der Waals surface area contributed by atoms with Crippen LogP contribution in [-0.2, 0) is 11.0 Å². The molecule has 3 aromatic heterocycles. The monoisotopic (exact) mass is 460 g/mol. The van der Waals surface area contributed by atoms with Crippen LogP contribution in [0.3, 0.4) is 0 Å². The molecular weight excluding hydrogens is 440 g/mol. The Balaban J connectivity index is 1.78. The van der Waals surface area contributed by atoms with Gasteiger partial charge in [-0.15, -0.1) is 0 Å². The van der Waals surface area contributed by atoms with Crippen molar-refractivity contribution < 1.29 is 22.5 Å². The van der Waals surface area contributed by atoms with E-state index in [4.69, 9.17) is 0 Å². The predicted octanol–water partition coefficient (Wildman–Crippen LogP) is 4.68. The fourth-order valence-corrected chi connectivity index (χ4v) is 4.11. The van der Waals surface area contributed by atoms with Crippen LogP contribution in [0.15, 0.2) is 48.9 Å². The Morgan fingerprint density at radius 2 is 1.84 bits per heavy atom. The van der Waals surface area contributed by atoms with Crippen molar-refractivity contribution in [2.45, 2.75) is 20.0 Å². The largest absolute Gasteiger partial charge is 0.435 e. The molecule has 6 nitrogen and oxygen atoms in total. The topological polar surface area (TPSA) is 69.4 Å². The minimum Gasteiger partial charge on any atom is -0.435 e. The van der Waals surface area contributed by atoms with Gasteiger partial charge in [-0.05, 0) is 26.3 Å². The molecule has 0 aliphatic rings. The lowest BCUT2D eigenvalue weighted by Crippen LogP contribution is -2.12. The summed E-state index contributed by atoms with van der Waals surface area (Å²) in [4.78, 5) is 12.7. The standard InChI is InChI=1S/C22H20F3N4O2P/c1-13-18(8-14-6-4-5-7-19(14)31-21(24)25)29-12-16(17(23)9-20(29)28-13)15-10-26-22(27-11-15)32(2,3)30/h4-7,9-12,21H,8H2,1-3H3. The molecule has 0 saturated carbocycles. The van der Waals surface area contributed by atoms with Crippen LogP contribution in [0.2, 0.25) is 0 Å². The number of halogens is 3. The summed E-state index contributed by atoms with van der Waals surface area (Å²) in [7, 11) is -2.64. The van der Waals surface area contributed by atoms with Gasteiger partial charge in [-0.3, -0.25) is 0 Å². The van der Waals surface area contributed by atoms with Gasteiger partial charge in [-0.25, -0.2) is 19.3 Å². The number of benzene rings is 1. The van der Waals surface area contributed by atoms with E-state index in [1.807, 2.05) is 0 Å². The van der Waals surface area contributed by atoms with Crippen LogP contribution in [0.25, 0.3) is 16.8 Å². The van der Waals surface area contributed by atoms with Crippen LogP contribution in [0.1, 0.15) is 17.0 Å². The van der Waals surface area contributed by atoms with Gasteiger partial charge in [0.05, 0.1) is 5.69 Å². The second-order valence-corrected chi connectivity index (χ2v) is 10.8. The number of fused-ring (bicyclic) bond motifs is 1. The lowest BCUT2D eigenvalue weighted by atomic mass is 10.1. The predicted molar refractivity (Wildman–Crippen MR) is 116 cm³/mol. The first-order chi connectivity index (χ1) is 15.1. The molecule has 4 aromatic rings. The van der Waals surface area contributed by atoms with Crippen molar-refractivity contribution in [3.63, 3.8) is 0 Å². The highest BCUT2D eigenvalue weighted by atomic mass is 31.2. The minimum atomic E-state index is -2.94. The van der Waals surface area contributed by atoms with Gasteiger partial charge in [0.2, 0.25) is 0 Å². The van der Waals surface area contributed by atoms with Crippen molar-refractivity contribution in [1.29, 1.82) is 0 Å². The van der Waals surface area contributed by atoms with Crippen LogP contribution in [-0.4, -0.2) is 39.3 Å². The Hall–Kier alpha value is -3.19. The van der Waals surface area contributed by atoms with E-state index in [1.54, 1.807) is 49.1 Å². The normalized spacial score (nSPS) is 12.0. The molecule has 0 atom stereocenters. The molecule has 1 aromatic carbocycles. The number of para-hydroxylation sites is 1. The Morgan fingerprint density at radius 1 is 1.16 bits per heavy atom. The number of rotatable bonds is 6. The number of pyridine rings is 1.